The molecule has 1 amide bonds. The van der Waals surface area contributed by atoms with Crippen molar-refractivity contribution < 1.29 is 9.53 Å². The molecule has 1 aliphatic heterocycles. The molecule has 5 nitrogen and oxygen atoms in total. The van der Waals surface area contributed by atoms with Gasteiger partial charge in [0.25, 0.3) is 5.91 Å². The van der Waals surface area contributed by atoms with Crippen LogP contribution in [0.25, 0.3) is 0 Å². The van der Waals surface area contributed by atoms with E-state index in [1.165, 1.54) is 0 Å². The van der Waals surface area contributed by atoms with Gasteiger partial charge in [0, 0.05) is 44.2 Å². The van der Waals surface area contributed by atoms with Crippen molar-refractivity contribution in [1.29, 1.82) is 0 Å². The Kier molecular flexibility index (Phi) is 5.49. The number of rotatable bonds is 6. The third-order valence-corrected chi connectivity index (χ3v) is 3.48. The van der Waals surface area contributed by atoms with Gasteiger partial charge < -0.3 is 14.5 Å². The SMILES string of the molecule is CN(C)CCN(CC1CCCO1)C(=O)c1ccncc1. The summed E-state index contributed by atoms with van der Waals surface area (Å²) in [6.07, 6.45) is 5.63. The summed E-state index contributed by atoms with van der Waals surface area (Å²) >= 11 is 0. The highest BCUT2D eigenvalue weighted by Crippen LogP contribution is 2.15. The van der Waals surface area contributed by atoms with Crippen LogP contribution in [0.1, 0.15) is 23.2 Å². The standard InChI is InChI=1S/C15H23N3O2/c1-17(2)9-10-18(12-14-4-3-11-20-14)15(19)13-5-7-16-8-6-13/h5-8,14H,3-4,9-12H2,1-2H3. The minimum Gasteiger partial charge on any atom is -0.376 e. The van der Waals surface area contributed by atoms with Gasteiger partial charge in [0.2, 0.25) is 0 Å². The minimum absolute atomic E-state index is 0.0600. The predicted octanol–water partition coefficient (Wildman–Crippen LogP) is 1.26. The number of hydrogen-bond acceptors (Lipinski definition) is 4. The van der Waals surface area contributed by atoms with Gasteiger partial charge in [0.15, 0.2) is 0 Å². The number of carbonyl (C=O) groups excluding carboxylic acids is 1. The summed E-state index contributed by atoms with van der Waals surface area (Å²) in [5.74, 6) is 0.0600. The first-order valence-electron chi connectivity index (χ1n) is 7.12. The van der Waals surface area contributed by atoms with Gasteiger partial charge in [-0.05, 0) is 39.1 Å². The summed E-state index contributed by atoms with van der Waals surface area (Å²) in [6, 6.07) is 3.53. The maximum atomic E-state index is 12.6. The zero-order chi connectivity index (χ0) is 14.4. The molecule has 5 heteroatoms. The number of carbonyl (C=O) groups is 1. The van der Waals surface area contributed by atoms with Gasteiger partial charge in [0.05, 0.1) is 6.10 Å². The van der Waals surface area contributed by atoms with E-state index in [9.17, 15) is 4.79 Å². The third kappa shape index (κ3) is 4.28. The molecule has 1 atom stereocenters. The Morgan fingerprint density at radius 1 is 1.35 bits per heavy atom. The zero-order valence-electron chi connectivity index (χ0n) is 12.3. The quantitative estimate of drug-likeness (QED) is 0.785. The third-order valence-electron chi connectivity index (χ3n) is 3.48. The molecular formula is C15H23N3O2. The monoisotopic (exact) mass is 277 g/mol. The highest BCUT2D eigenvalue weighted by atomic mass is 16.5. The van der Waals surface area contributed by atoms with Crippen molar-refractivity contribution in [2.45, 2.75) is 18.9 Å². The van der Waals surface area contributed by atoms with E-state index in [0.717, 1.165) is 26.0 Å². The Hall–Kier alpha value is -1.46. The molecule has 0 saturated carbocycles. The molecule has 0 bridgehead atoms. The van der Waals surface area contributed by atoms with Crippen LogP contribution in [0.4, 0.5) is 0 Å². The number of hydrogen-bond donors (Lipinski definition) is 0. The van der Waals surface area contributed by atoms with E-state index in [1.54, 1.807) is 24.5 Å². The van der Waals surface area contributed by atoms with E-state index >= 15 is 0 Å². The number of amides is 1. The van der Waals surface area contributed by atoms with Gasteiger partial charge >= 0.3 is 0 Å². The second-order valence-electron chi connectivity index (χ2n) is 5.43. The van der Waals surface area contributed by atoms with Crippen LogP contribution in [0, 0.1) is 0 Å². The summed E-state index contributed by atoms with van der Waals surface area (Å²) in [6.45, 7) is 3.06. The van der Waals surface area contributed by atoms with Gasteiger partial charge in [-0.1, -0.05) is 0 Å². The topological polar surface area (TPSA) is 45.7 Å². The average Bonchev–Trinajstić information content (AvgIpc) is 2.96. The fourth-order valence-corrected chi connectivity index (χ4v) is 2.31. The summed E-state index contributed by atoms with van der Waals surface area (Å²) in [5, 5.41) is 0. The molecule has 20 heavy (non-hydrogen) atoms. The predicted molar refractivity (Wildman–Crippen MR) is 77.7 cm³/mol. The Morgan fingerprint density at radius 3 is 2.70 bits per heavy atom. The maximum Gasteiger partial charge on any atom is 0.254 e. The van der Waals surface area contributed by atoms with Crippen molar-refractivity contribution in [2.75, 3.05) is 40.3 Å². The van der Waals surface area contributed by atoms with Crippen LogP contribution in [0.5, 0.6) is 0 Å². The smallest absolute Gasteiger partial charge is 0.254 e. The fourth-order valence-electron chi connectivity index (χ4n) is 2.31. The molecule has 110 valence electrons. The number of pyridine rings is 1. The molecule has 1 aromatic rings. The molecule has 1 unspecified atom stereocenters. The molecule has 0 N–H and O–H groups in total. The molecule has 0 spiro atoms. The zero-order valence-corrected chi connectivity index (χ0v) is 12.3. The van der Waals surface area contributed by atoms with Gasteiger partial charge in [-0.25, -0.2) is 0 Å². The Labute approximate surface area is 120 Å². The molecular weight excluding hydrogens is 254 g/mol. The van der Waals surface area contributed by atoms with Crippen LogP contribution >= 0.6 is 0 Å². The van der Waals surface area contributed by atoms with Crippen LogP contribution < -0.4 is 0 Å². The molecule has 1 aliphatic rings. The van der Waals surface area contributed by atoms with Crippen LogP contribution in [0.2, 0.25) is 0 Å². The number of ether oxygens (including phenoxy) is 1. The highest BCUT2D eigenvalue weighted by molar-refractivity contribution is 5.94. The molecule has 1 aromatic heterocycles. The van der Waals surface area contributed by atoms with Crippen molar-refractivity contribution in [2.24, 2.45) is 0 Å². The number of likely N-dealkylation sites (N-methyl/N-ethyl adjacent to an activating group) is 1. The lowest BCUT2D eigenvalue weighted by Gasteiger charge is -2.27. The van der Waals surface area contributed by atoms with E-state index in [1.807, 2.05) is 19.0 Å². The first kappa shape index (κ1) is 14.9. The lowest BCUT2D eigenvalue weighted by atomic mass is 10.2. The largest absolute Gasteiger partial charge is 0.376 e. The van der Waals surface area contributed by atoms with Gasteiger partial charge in [-0.2, -0.15) is 0 Å². The minimum atomic E-state index is 0.0600. The van der Waals surface area contributed by atoms with Gasteiger partial charge in [-0.15, -0.1) is 0 Å². The summed E-state index contributed by atoms with van der Waals surface area (Å²) in [4.78, 5) is 20.5. The van der Waals surface area contributed by atoms with Gasteiger partial charge in [0.1, 0.15) is 0 Å². The van der Waals surface area contributed by atoms with E-state index in [2.05, 4.69) is 9.88 Å². The van der Waals surface area contributed by atoms with Crippen LogP contribution in [0.3, 0.4) is 0 Å². The molecule has 1 fully saturated rings. The first-order valence-corrected chi connectivity index (χ1v) is 7.12. The van der Waals surface area contributed by atoms with Crippen molar-refractivity contribution in [1.82, 2.24) is 14.8 Å². The molecule has 2 rings (SSSR count). The van der Waals surface area contributed by atoms with Crippen LogP contribution in [-0.2, 0) is 4.74 Å². The lowest BCUT2D eigenvalue weighted by Crippen LogP contribution is -2.41. The second kappa shape index (κ2) is 7.36. The lowest BCUT2D eigenvalue weighted by molar-refractivity contribution is 0.0512. The second-order valence-corrected chi connectivity index (χ2v) is 5.43. The van der Waals surface area contributed by atoms with Crippen molar-refractivity contribution >= 4 is 5.91 Å². The van der Waals surface area contributed by atoms with Crippen LogP contribution in [0.15, 0.2) is 24.5 Å². The Balaban J connectivity index is 2.02. The average molecular weight is 277 g/mol. The Bertz CT molecular complexity index is 416. The van der Waals surface area contributed by atoms with E-state index in [0.29, 0.717) is 18.7 Å². The van der Waals surface area contributed by atoms with Crippen molar-refractivity contribution in [3.8, 4) is 0 Å². The highest BCUT2D eigenvalue weighted by Gasteiger charge is 2.23. The van der Waals surface area contributed by atoms with Gasteiger partial charge in [-0.3, -0.25) is 9.78 Å². The molecule has 0 aromatic carbocycles. The van der Waals surface area contributed by atoms with E-state index < -0.39 is 0 Å². The fraction of sp³-hybridized carbons (Fsp3) is 0.600. The van der Waals surface area contributed by atoms with Crippen molar-refractivity contribution in [3.63, 3.8) is 0 Å². The normalized spacial score (nSPS) is 18.4. The van der Waals surface area contributed by atoms with Crippen LogP contribution in [-0.4, -0.2) is 67.1 Å². The summed E-state index contributed by atoms with van der Waals surface area (Å²) < 4.78 is 5.66. The summed E-state index contributed by atoms with van der Waals surface area (Å²) in [7, 11) is 4.03. The molecule has 2 heterocycles. The van der Waals surface area contributed by atoms with E-state index in [-0.39, 0.29) is 12.0 Å². The molecule has 1 saturated heterocycles. The van der Waals surface area contributed by atoms with Crippen molar-refractivity contribution in [3.05, 3.63) is 30.1 Å². The molecule has 0 radical (unpaired) electrons. The maximum absolute atomic E-state index is 12.6. The number of aromatic nitrogens is 1. The first-order chi connectivity index (χ1) is 9.66. The number of nitrogens with zero attached hydrogens (tertiary/aromatic N) is 3. The molecule has 0 aliphatic carbocycles. The van der Waals surface area contributed by atoms with E-state index in [4.69, 9.17) is 4.74 Å². The summed E-state index contributed by atoms with van der Waals surface area (Å²) in [5.41, 5.74) is 0.691. The Morgan fingerprint density at radius 2 is 2.10 bits per heavy atom.